The van der Waals surface area contributed by atoms with Gasteiger partial charge < -0.3 is 15.2 Å². The first-order chi connectivity index (χ1) is 8.99. The summed E-state index contributed by atoms with van der Waals surface area (Å²) in [7, 11) is 0. The summed E-state index contributed by atoms with van der Waals surface area (Å²) in [6, 6.07) is 5.19. The fourth-order valence-corrected chi connectivity index (χ4v) is 1.98. The Balaban J connectivity index is 2.54. The van der Waals surface area contributed by atoms with Gasteiger partial charge >= 0.3 is 0 Å². The highest BCUT2D eigenvalue weighted by molar-refractivity contribution is 5.76. The predicted molar refractivity (Wildman–Crippen MR) is 78.5 cm³/mol. The van der Waals surface area contributed by atoms with Gasteiger partial charge in [-0.2, -0.15) is 0 Å². The molecule has 1 heterocycles. The quantitative estimate of drug-likeness (QED) is 0.546. The van der Waals surface area contributed by atoms with Crippen molar-refractivity contribution in [3.05, 3.63) is 34.7 Å². The highest BCUT2D eigenvalue weighted by atomic mass is 16.1. The molecule has 5 heteroatoms. The van der Waals surface area contributed by atoms with Crippen LogP contribution in [0.4, 0.5) is 0 Å². The standard InChI is InChI=1S/C14H24N4O/c1-12(2)11-17(8-6-13(15)16)9-10-18-7-4-3-5-14(18)19/h3-5,7,12H,6,8-11H2,1-2H3,(H3,15,16). The number of pyridine rings is 1. The maximum absolute atomic E-state index is 11.6. The molecule has 0 spiro atoms. The van der Waals surface area contributed by atoms with Crippen LogP contribution in [0.15, 0.2) is 29.2 Å². The van der Waals surface area contributed by atoms with Crippen LogP contribution in [0.25, 0.3) is 0 Å². The number of hydrogen-bond donors (Lipinski definition) is 2. The average molecular weight is 264 g/mol. The van der Waals surface area contributed by atoms with E-state index in [2.05, 4.69) is 18.7 Å². The van der Waals surface area contributed by atoms with E-state index in [-0.39, 0.29) is 11.4 Å². The largest absolute Gasteiger partial charge is 0.388 e. The molecule has 0 atom stereocenters. The first kappa shape index (κ1) is 15.4. The number of aromatic nitrogens is 1. The van der Waals surface area contributed by atoms with Crippen LogP contribution in [-0.4, -0.2) is 34.9 Å². The van der Waals surface area contributed by atoms with Gasteiger partial charge in [0.15, 0.2) is 0 Å². The Morgan fingerprint density at radius 1 is 1.42 bits per heavy atom. The van der Waals surface area contributed by atoms with E-state index in [1.54, 1.807) is 22.9 Å². The highest BCUT2D eigenvalue weighted by Crippen LogP contribution is 2.00. The van der Waals surface area contributed by atoms with Crippen LogP contribution >= 0.6 is 0 Å². The van der Waals surface area contributed by atoms with Gasteiger partial charge in [-0.3, -0.25) is 10.2 Å². The van der Waals surface area contributed by atoms with Crippen LogP contribution in [0.1, 0.15) is 20.3 Å². The third-order valence-electron chi connectivity index (χ3n) is 2.88. The van der Waals surface area contributed by atoms with Crippen molar-refractivity contribution in [3.8, 4) is 0 Å². The fourth-order valence-electron chi connectivity index (χ4n) is 1.98. The first-order valence-corrected chi connectivity index (χ1v) is 6.69. The fraction of sp³-hybridized carbons (Fsp3) is 0.571. The van der Waals surface area contributed by atoms with Crippen molar-refractivity contribution in [2.75, 3.05) is 19.6 Å². The molecule has 0 amide bonds. The molecule has 1 aromatic rings. The zero-order chi connectivity index (χ0) is 14.3. The lowest BCUT2D eigenvalue weighted by atomic mass is 10.2. The molecule has 5 nitrogen and oxygen atoms in total. The molecule has 0 unspecified atom stereocenters. The maximum Gasteiger partial charge on any atom is 0.250 e. The van der Waals surface area contributed by atoms with Crippen molar-refractivity contribution in [1.29, 1.82) is 5.41 Å². The third kappa shape index (κ3) is 6.20. The van der Waals surface area contributed by atoms with Gasteiger partial charge in [-0.15, -0.1) is 0 Å². The van der Waals surface area contributed by atoms with E-state index in [9.17, 15) is 4.79 Å². The Hall–Kier alpha value is -1.62. The average Bonchev–Trinajstić information content (AvgIpc) is 2.33. The second-order valence-corrected chi connectivity index (χ2v) is 5.20. The number of nitrogens with one attached hydrogen (secondary N) is 1. The van der Waals surface area contributed by atoms with Gasteiger partial charge in [0.1, 0.15) is 0 Å². The molecular weight excluding hydrogens is 240 g/mol. The van der Waals surface area contributed by atoms with Gasteiger partial charge in [-0.05, 0) is 12.0 Å². The van der Waals surface area contributed by atoms with Crippen LogP contribution < -0.4 is 11.3 Å². The zero-order valence-electron chi connectivity index (χ0n) is 11.8. The zero-order valence-corrected chi connectivity index (χ0v) is 11.8. The minimum atomic E-state index is 0.0264. The Labute approximate surface area is 114 Å². The van der Waals surface area contributed by atoms with Crippen molar-refractivity contribution in [3.63, 3.8) is 0 Å². The summed E-state index contributed by atoms with van der Waals surface area (Å²) in [5.41, 5.74) is 5.43. The van der Waals surface area contributed by atoms with Gasteiger partial charge in [-0.25, -0.2) is 0 Å². The second-order valence-electron chi connectivity index (χ2n) is 5.20. The van der Waals surface area contributed by atoms with Crippen LogP contribution in [0.2, 0.25) is 0 Å². The summed E-state index contributed by atoms with van der Waals surface area (Å²) < 4.78 is 1.71. The lowest BCUT2D eigenvalue weighted by molar-refractivity contribution is 0.240. The summed E-state index contributed by atoms with van der Waals surface area (Å²) in [6.45, 7) is 7.52. The molecule has 0 saturated carbocycles. The molecule has 0 fully saturated rings. The molecule has 1 rings (SSSR count). The second kappa shape index (κ2) is 7.74. The molecular formula is C14H24N4O. The van der Waals surface area contributed by atoms with Crippen LogP contribution in [-0.2, 0) is 6.54 Å². The lowest BCUT2D eigenvalue weighted by Gasteiger charge is -2.24. The SMILES string of the molecule is CC(C)CN(CCC(=N)N)CCn1ccccc1=O. The Morgan fingerprint density at radius 3 is 2.74 bits per heavy atom. The minimum Gasteiger partial charge on any atom is -0.388 e. The van der Waals surface area contributed by atoms with E-state index in [0.29, 0.717) is 18.9 Å². The predicted octanol–water partition coefficient (Wildman–Crippen LogP) is 1.13. The molecule has 106 valence electrons. The molecule has 0 saturated heterocycles. The summed E-state index contributed by atoms with van der Waals surface area (Å²) >= 11 is 0. The molecule has 0 radical (unpaired) electrons. The van der Waals surface area contributed by atoms with E-state index in [1.165, 1.54) is 0 Å². The van der Waals surface area contributed by atoms with E-state index < -0.39 is 0 Å². The molecule has 0 aromatic carbocycles. The van der Waals surface area contributed by atoms with Crippen LogP contribution in [0, 0.1) is 11.3 Å². The van der Waals surface area contributed by atoms with Crippen molar-refractivity contribution in [2.24, 2.45) is 11.7 Å². The van der Waals surface area contributed by atoms with Crippen molar-refractivity contribution in [2.45, 2.75) is 26.8 Å². The molecule has 0 aliphatic heterocycles. The first-order valence-electron chi connectivity index (χ1n) is 6.69. The topological polar surface area (TPSA) is 75.1 Å². The highest BCUT2D eigenvalue weighted by Gasteiger charge is 2.08. The minimum absolute atomic E-state index is 0.0264. The van der Waals surface area contributed by atoms with Crippen molar-refractivity contribution >= 4 is 5.84 Å². The monoisotopic (exact) mass is 264 g/mol. The molecule has 0 aliphatic carbocycles. The smallest absolute Gasteiger partial charge is 0.250 e. The number of amidine groups is 1. The summed E-state index contributed by atoms with van der Waals surface area (Å²) in [4.78, 5) is 13.9. The van der Waals surface area contributed by atoms with E-state index in [0.717, 1.165) is 19.6 Å². The Morgan fingerprint density at radius 2 is 2.16 bits per heavy atom. The van der Waals surface area contributed by atoms with Gasteiger partial charge in [-0.1, -0.05) is 19.9 Å². The lowest BCUT2D eigenvalue weighted by Crippen LogP contribution is -2.35. The summed E-state index contributed by atoms with van der Waals surface area (Å²) in [6.07, 6.45) is 2.39. The van der Waals surface area contributed by atoms with E-state index in [1.807, 2.05) is 6.07 Å². The molecule has 1 aromatic heterocycles. The summed E-state index contributed by atoms with van der Waals surface area (Å²) in [5.74, 6) is 0.769. The van der Waals surface area contributed by atoms with Gasteiger partial charge in [0, 0.05) is 44.9 Å². The number of hydrogen-bond acceptors (Lipinski definition) is 3. The normalized spacial score (nSPS) is 11.2. The molecule has 0 bridgehead atoms. The third-order valence-corrected chi connectivity index (χ3v) is 2.88. The van der Waals surface area contributed by atoms with Crippen LogP contribution in [0.5, 0.6) is 0 Å². The van der Waals surface area contributed by atoms with Gasteiger partial charge in [0.05, 0.1) is 5.84 Å². The number of nitrogens with two attached hydrogens (primary N) is 1. The molecule has 3 N–H and O–H groups in total. The molecule has 0 aliphatic rings. The number of rotatable bonds is 8. The van der Waals surface area contributed by atoms with E-state index >= 15 is 0 Å². The maximum atomic E-state index is 11.6. The molecule has 19 heavy (non-hydrogen) atoms. The van der Waals surface area contributed by atoms with Gasteiger partial charge in [0.2, 0.25) is 0 Å². The van der Waals surface area contributed by atoms with Crippen molar-refractivity contribution < 1.29 is 0 Å². The summed E-state index contributed by atoms with van der Waals surface area (Å²) in [5, 5.41) is 7.30. The Bertz CT molecular complexity index is 453. The van der Waals surface area contributed by atoms with Crippen molar-refractivity contribution in [1.82, 2.24) is 9.47 Å². The van der Waals surface area contributed by atoms with E-state index in [4.69, 9.17) is 11.1 Å². The Kier molecular flexibility index (Phi) is 6.29. The number of nitrogens with zero attached hydrogens (tertiary/aromatic N) is 2. The van der Waals surface area contributed by atoms with Crippen LogP contribution in [0.3, 0.4) is 0 Å². The van der Waals surface area contributed by atoms with Gasteiger partial charge in [0.25, 0.3) is 5.56 Å².